The molecule has 6 heteroatoms. The predicted molar refractivity (Wildman–Crippen MR) is 110 cm³/mol. The topological polar surface area (TPSA) is 47.4 Å². The van der Waals surface area contributed by atoms with Gasteiger partial charge in [0.1, 0.15) is 5.75 Å². The molecule has 3 rings (SSSR count). The van der Waals surface area contributed by atoms with E-state index in [2.05, 4.69) is 16.1 Å². The van der Waals surface area contributed by atoms with Gasteiger partial charge in [0.15, 0.2) is 5.16 Å². The van der Waals surface area contributed by atoms with Crippen LogP contribution >= 0.6 is 11.8 Å². The second kappa shape index (κ2) is 8.77. The van der Waals surface area contributed by atoms with E-state index in [4.69, 9.17) is 4.74 Å². The summed E-state index contributed by atoms with van der Waals surface area (Å²) in [5, 5.41) is 0.833. The van der Waals surface area contributed by atoms with Crippen molar-refractivity contribution >= 4 is 28.7 Å². The van der Waals surface area contributed by atoms with E-state index in [1.807, 2.05) is 61.7 Å². The van der Waals surface area contributed by atoms with Gasteiger partial charge in [-0.25, -0.2) is 4.98 Å². The summed E-state index contributed by atoms with van der Waals surface area (Å²) < 4.78 is 7.33. The third-order valence-corrected chi connectivity index (χ3v) is 5.20. The van der Waals surface area contributed by atoms with Crippen LogP contribution in [-0.2, 0) is 17.9 Å². The van der Waals surface area contributed by atoms with Crippen LogP contribution in [0.3, 0.4) is 0 Å². The lowest BCUT2D eigenvalue weighted by atomic mass is 10.2. The minimum atomic E-state index is 0.0556. The first-order chi connectivity index (χ1) is 13.1. The Balaban J connectivity index is 1.67. The normalized spacial score (nSPS) is 10.7. The molecule has 0 aliphatic carbocycles. The van der Waals surface area contributed by atoms with Gasteiger partial charge in [-0.15, -0.1) is 6.58 Å². The molecule has 0 saturated carbocycles. The average Bonchev–Trinajstić information content (AvgIpc) is 3.04. The fraction of sp³-hybridized carbons (Fsp3) is 0.238. The molecule has 0 atom stereocenters. The number of amides is 1. The van der Waals surface area contributed by atoms with E-state index in [1.165, 1.54) is 11.8 Å². The number of thioether (sulfide) groups is 1. The lowest BCUT2D eigenvalue weighted by Gasteiger charge is -2.17. The van der Waals surface area contributed by atoms with Crippen LogP contribution < -0.4 is 4.74 Å². The van der Waals surface area contributed by atoms with Crippen molar-refractivity contribution in [3.05, 3.63) is 66.7 Å². The van der Waals surface area contributed by atoms with Crippen molar-refractivity contribution in [3.8, 4) is 5.75 Å². The summed E-state index contributed by atoms with van der Waals surface area (Å²) in [7, 11) is 3.45. The number of benzene rings is 2. The second-order valence-electron chi connectivity index (χ2n) is 6.17. The van der Waals surface area contributed by atoms with Crippen LogP contribution in [0.1, 0.15) is 5.56 Å². The number of imidazole rings is 1. The molecule has 0 radical (unpaired) electrons. The first kappa shape index (κ1) is 19.0. The largest absolute Gasteiger partial charge is 0.497 e. The van der Waals surface area contributed by atoms with Crippen LogP contribution in [-0.4, -0.2) is 40.3 Å². The minimum absolute atomic E-state index is 0.0556. The quantitative estimate of drug-likeness (QED) is 0.437. The SMILES string of the molecule is C=CCn1c(SCC(=O)N(C)Cc2cccc(OC)c2)nc2ccccc21. The molecule has 1 heterocycles. The highest BCUT2D eigenvalue weighted by Gasteiger charge is 2.15. The Morgan fingerprint density at radius 2 is 2.11 bits per heavy atom. The second-order valence-corrected chi connectivity index (χ2v) is 7.11. The zero-order chi connectivity index (χ0) is 19.2. The summed E-state index contributed by atoms with van der Waals surface area (Å²) in [5.74, 6) is 1.18. The van der Waals surface area contributed by atoms with E-state index < -0.39 is 0 Å². The maximum atomic E-state index is 12.6. The zero-order valence-corrected chi connectivity index (χ0v) is 16.4. The van der Waals surface area contributed by atoms with Gasteiger partial charge in [-0.3, -0.25) is 4.79 Å². The van der Waals surface area contributed by atoms with Crippen LogP contribution in [0, 0.1) is 0 Å². The van der Waals surface area contributed by atoms with E-state index in [-0.39, 0.29) is 5.91 Å². The number of hydrogen-bond acceptors (Lipinski definition) is 4. The van der Waals surface area contributed by atoms with Crippen LogP contribution in [0.25, 0.3) is 11.0 Å². The van der Waals surface area contributed by atoms with Crippen LogP contribution in [0.5, 0.6) is 5.75 Å². The van der Waals surface area contributed by atoms with Crippen molar-refractivity contribution in [3.63, 3.8) is 0 Å². The van der Waals surface area contributed by atoms with Crippen LogP contribution in [0.2, 0.25) is 0 Å². The van der Waals surface area contributed by atoms with Crippen molar-refractivity contribution < 1.29 is 9.53 Å². The monoisotopic (exact) mass is 381 g/mol. The first-order valence-electron chi connectivity index (χ1n) is 8.68. The highest BCUT2D eigenvalue weighted by molar-refractivity contribution is 7.99. The third kappa shape index (κ3) is 4.52. The fourth-order valence-electron chi connectivity index (χ4n) is 2.84. The molecular weight excluding hydrogens is 358 g/mol. The maximum Gasteiger partial charge on any atom is 0.233 e. The Morgan fingerprint density at radius 1 is 1.30 bits per heavy atom. The molecule has 1 aromatic heterocycles. The number of nitrogens with zero attached hydrogens (tertiary/aromatic N) is 3. The van der Waals surface area contributed by atoms with Gasteiger partial charge in [-0.2, -0.15) is 0 Å². The maximum absolute atomic E-state index is 12.6. The number of fused-ring (bicyclic) bond motifs is 1. The number of allylic oxidation sites excluding steroid dienone is 1. The van der Waals surface area contributed by atoms with Crippen molar-refractivity contribution in [2.45, 2.75) is 18.2 Å². The molecule has 3 aromatic rings. The number of carbonyl (C=O) groups excluding carboxylic acids is 1. The van der Waals surface area contributed by atoms with E-state index in [9.17, 15) is 4.79 Å². The smallest absolute Gasteiger partial charge is 0.233 e. The Morgan fingerprint density at radius 3 is 2.89 bits per heavy atom. The molecule has 27 heavy (non-hydrogen) atoms. The molecule has 2 aromatic carbocycles. The van der Waals surface area contributed by atoms with Gasteiger partial charge < -0.3 is 14.2 Å². The summed E-state index contributed by atoms with van der Waals surface area (Å²) in [5.41, 5.74) is 3.02. The molecular formula is C21H23N3O2S. The van der Waals surface area contributed by atoms with E-state index in [0.29, 0.717) is 18.8 Å². The Hall–Kier alpha value is -2.73. The minimum Gasteiger partial charge on any atom is -0.497 e. The fourth-order valence-corrected chi connectivity index (χ4v) is 3.80. The molecule has 0 saturated heterocycles. The lowest BCUT2D eigenvalue weighted by Crippen LogP contribution is -2.27. The molecule has 140 valence electrons. The number of hydrogen-bond donors (Lipinski definition) is 0. The van der Waals surface area contributed by atoms with E-state index in [0.717, 1.165) is 27.5 Å². The van der Waals surface area contributed by atoms with E-state index in [1.54, 1.807) is 12.0 Å². The van der Waals surface area contributed by atoms with E-state index >= 15 is 0 Å². The van der Waals surface area contributed by atoms with Crippen molar-refractivity contribution in [1.82, 2.24) is 14.5 Å². The summed E-state index contributed by atoms with van der Waals surface area (Å²) in [6, 6.07) is 15.7. The van der Waals surface area contributed by atoms with Gasteiger partial charge in [0, 0.05) is 20.1 Å². The van der Waals surface area contributed by atoms with Crippen molar-refractivity contribution in [2.75, 3.05) is 19.9 Å². The molecule has 0 unspecified atom stereocenters. The molecule has 0 bridgehead atoms. The molecule has 0 aliphatic rings. The number of aromatic nitrogens is 2. The third-order valence-electron chi connectivity index (χ3n) is 4.24. The van der Waals surface area contributed by atoms with Gasteiger partial charge >= 0.3 is 0 Å². The lowest BCUT2D eigenvalue weighted by molar-refractivity contribution is -0.127. The predicted octanol–water partition coefficient (Wildman–Crippen LogP) is 3.98. The average molecular weight is 382 g/mol. The summed E-state index contributed by atoms with van der Waals surface area (Å²) in [4.78, 5) is 19.0. The van der Waals surface area contributed by atoms with Crippen LogP contribution in [0.4, 0.5) is 0 Å². The Labute approximate surface area is 163 Å². The molecule has 0 aliphatic heterocycles. The number of rotatable bonds is 8. The van der Waals surface area contributed by atoms with Crippen LogP contribution in [0.15, 0.2) is 66.3 Å². The van der Waals surface area contributed by atoms with Gasteiger partial charge in [0.2, 0.25) is 5.91 Å². The van der Waals surface area contributed by atoms with Crippen molar-refractivity contribution in [2.24, 2.45) is 0 Å². The van der Waals surface area contributed by atoms with Gasteiger partial charge in [0.25, 0.3) is 0 Å². The highest BCUT2D eigenvalue weighted by atomic mass is 32.2. The molecule has 1 amide bonds. The number of carbonyl (C=O) groups is 1. The standard InChI is InChI=1S/C21H23N3O2S/c1-4-12-24-19-11-6-5-10-18(19)22-21(24)27-15-20(25)23(2)14-16-8-7-9-17(13-16)26-3/h4-11,13H,1,12,14-15H2,2-3H3. The number of methoxy groups -OCH3 is 1. The number of ether oxygens (including phenoxy) is 1. The Bertz CT molecular complexity index is 952. The van der Waals surface area contributed by atoms with Gasteiger partial charge in [0.05, 0.1) is 23.9 Å². The van der Waals surface area contributed by atoms with Gasteiger partial charge in [-0.1, -0.05) is 42.1 Å². The summed E-state index contributed by atoms with van der Waals surface area (Å²) in [6.45, 7) is 5.03. The molecule has 5 nitrogen and oxygen atoms in total. The van der Waals surface area contributed by atoms with Gasteiger partial charge in [-0.05, 0) is 29.8 Å². The first-order valence-corrected chi connectivity index (χ1v) is 9.66. The Kier molecular flexibility index (Phi) is 6.19. The molecule has 0 fully saturated rings. The number of para-hydroxylation sites is 2. The zero-order valence-electron chi connectivity index (χ0n) is 15.6. The molecule has 0 N–H and O–H groups in total. The highest BCUT2D eigenvalue weighted by Crippen LogP contribution is 2.24. The van der Waals surface area contributed by atoms with Crippen molar-refractivity contribution in [1.29, 1.82) is 0 Å². The molecule has 0 spiro atoms. The summed E-state index contributed by atoms with van der Waals surface area (Å²) in [6.07, 6.45) is 1.84. The summed E-state index contributed by atoms with van der Waals surface area (Å²) >= 11 is 1.46.